The molecule has 1 aliphatic heterocycles. The molecule has 2 atom stereocenters. The van der Waals surface area contributed by atoms with Crippen molar-refractivity contribution in [1.29, 1.82) is 0 Å². The van der Waals surface area contributed by atoms with Gasteiger partial charge in [0.15, 0.2) is 5.82 Å². The summed E-state index contributed by atoms with van der Waals surface area (Å²) < 4.78 is 60.2. The first kappa shape index (κ1) is 29.5. The van der Waals surface area contributed by atoms with Crippen molar-refractivity contribution in [1.82, 2.24) is 19.3 Å². The van der Waals surface area contributed by atoms with Gasteiger partial charge in [0, 0.05) is 43.0 Å². The molecule has 1 amide bonds. The van der Waals surface area contributed by atoms with Gasteiger partial charge in [-0.25, -0.2) is 14.8 Å². The number of aromatic nitrogens is 3. The highest BCUT2D eigenvalue weighted by atomic mass is 79.9. The van der Waals surface area contributed by atoms with E-state index in [2.05, 4.69) is 31.2 Å². The molecular weight excluding hydrogens is 619 g/mol. The van der Waals surface area contributed by atoms with E-state index in [0.29, 0.717) is 45.4 Å². The standard InChI is InChI=1S/C29H29BrF3N5O4/c1-40-21-10-8-19(22(14-21)41-2)15-35-26-24-25(30)36-27(37(24)13-12-34-26)20-9-11-23(29(31,32)33)38(16-20)28(39)42-17-18-6-4-3-5-7-18/h3-8,10,12-14,20,23H,9,11,15-17H2,1-2H3,(H,34,35)/t20-,23-/m1/s1. The van der Waals surface area contributed by atoms with Crippen LogP contribution in [0.25, 0.3) is 5.52 Å². The fourth-order valence-electron chi connectivity index (χ4n) is 5.14. The predicted molar refractivity (Wildman–Crippen MR) is 153 cm³/mol. The average molecular weight is 648 g/mol. The maximum absolute atomic E-state index is 14.0. The third-order valence-electron chi connectivity index (χ3n) is 7.24. The van der Waals surface area contributed by atoms with Gasteiger partial charge in [0.25, 0.3) is 0 Å². The Bertz CT molecular complexity index is 1550. The minimum atomic E-state index is -4.59. The van der Waals surface area contributed by atoms with Crippen molar-refractivity contribution in [2.45, 2.75) is 44.1 Å². The van der Waals surface area contributed by atoms with Gasteiger partial charge in [-0.2, -0.15) is 13.2 Å². The topological polar surface area (TPSA) is 90.2 Å². The number of amides is 1. The fourth-order valence-corrected chi connectivity index (χ4v) is 5.70. The van der Waals surface area contributed by atoms with Gasteiger partial charge in [-0.05, 0) is 46.5 Å². The SMILES string of the molecule is COc1ccc(CNc2nccn3c([C@@H]4CC[C@H](C(F)(F)F)N(C(=O)OCc5ccccc5)C4)nc(Br)c23)c(OC)c1. The molecule has 0 spiro atoms. The van der Waals surface area contributed by atoms with Crippen LogP contribution in [-0.2, 0) is 17.9 Å². The molecule has 0 radical (unpaired) electrons. The number of piperidine rings is 1. The Balaban J connectivity index is 1.38. The number of imidazole rings is 1. The highest BCUT2D eigenvalue weighted by Gasteiger charge is 2.49. The van der Waals surface area contributed by atoms with Crippen LogP contribution in [0.15, 0.2) is 65.5 Å². The van der Waals surface area contributed by atoms with Crippen LogP contribution in [0.5, 0.6) is 11.5 Å². The Morgan fingerprint density at radius 2 is 1.90 bits per heavy atom. The molecule has 1 saturated heterocycles. The minimum Gasteiger partial charge on any atom is -0.497 e. The Morgan fingerprint density at radius 1 is 1.12 bits per heavy atom. The van der Waals surface area contributed by atoms with Crippen molar-refractivity contribution in [3.05, 3.63) is 82.5 Å². The second-order valence-corrected chi connectivity index (χ2v) is 10.6. The van der Waals surface area contributed by atoms with Crippen molar-refractivity contribution in [2.75, 3.05) is 26.1 Å². The summed E-state index contributed by atoms with van der Waals surface area (Å²) in [6, 6.07) is 12.4. The molecule has 0 saturated carbocycles. The summed E-state index contributed by atoms with van der Waals surface area (Å²) >= 11 is 3.51. The van der Waals surface area contributed by atoms with Crippen molar-refractivity contribution in [3.8, 4) is 11.5 Å². The lowest BCUT2D eigenvalue weighted by atomic mass is 9.92. The van der Waals surface area contributed by atoms with Crippen LogP contribution < -0.4 is 14.8 Å². The zero-order chi connectivity index (χ0) is 29.9. The molecule has 1 aliphatic rings. The van der Waals surface area contributed by atoms with E-state index >= 15 is 0 Å². The van der Waals surface area contributed by atoms with Gasteiger partial charge in [-0.15, -0.1) is 0 Å². The number of rotatable bonds is 8. The number of ether oxygens (including phenoxy) is 3. The molecule has 2 aromatic heterocycles. The average Bonchev–Trinajstić information content (AvgIpc) is 3.35. The number of carbonyl (C=O) groups is 1. The van der Waals surface area contributed by atoms with Crippen LogP contribution in [0.2, 0.25) is 0 Å². The lowest BCUT2D eigenvalue weighted by Gasteiger charge is -2.39. The number of carbonyl (C=O) groups excluding carboxylic acids is 1. The van der Waals surface area contributed by atoms with Crippen molar-refractivity contribution < 1.29 is 32.2 Å². The first-order valence-electron chi connectivity index (χ1n) is 13.2. The number of nitrogens with zero attached hydrogens (tertiary/aromatic N) is 4. The van der Waals surface area contributed by atoms with Gasteiger partial charge in [0.05, 0.1) is 14.2 Å². The number of halogens is 4. The van der Waals surface area contributed by atoms with E-state index in [0.717, 1.165) is 10.5 Å². The molecule has 3 heterocycles. The second kappa shape index (κ2) is 12.5. The summed E-state index contributed by atoms with van der Waals surface area (Å²) in [5, 5.41) is 3.30. The van der Waals surface area contributed by atoms with Crippen molar-refractivity contribution in [2.24, 2.45) is 0 Å². The summed E-state index contributed by atoms with van der Waals surface area (Å²) in [6.45, 7) is 0.0605. The number of methoxy groups -OCH3 is 2. The largest absolute Gasteiger partial charge is 0.497 e. The number of nitrogens with one attached hydrogen (secondary N) is 1. The molecule has 0 bridgehead atoms. The molecule has 5 rings (SSSR count). The maximum Gasteiger partial charge on any atom is 0.410 e. The van der Waals surface area contributed by atoms with Crippen LogP contribution >= 0.6 is 15.9 Å². The molecule has 13 heteroatoms. The number of hydrogen-bond acceptors (Lipinski definition) is 7. The van der Waals surface area contributed by atoms with E-state index in [4.69, 9.17) is 14.2 Å². The van der Waals surface area contributed by atoms with Crippen LogP contribution in [0.1, 0.15) is 35.7 Å². The first-order valence-corrected chi connectivity index (χ1v) is 14.0. The summed E-state index contributed by atoms with van der Waals surface area (Å²) in [6.07, 6.45) is -2.39. The van der Waals surface area contributed by atoms with Gasteiger partial charge < -0.3 is 19.5 Å². The number of likely N-dealkylation sites (tertiary alicyclic amines) is 1. The number of benzene rings is 2. The molecule has 222 valence electrons. The van der Waals surface area contributed by atoms with E-state index in [1.807, 2.05) is 12.1 Å². The second-order valence-electron chi connectivity index (χ2n) is 9.81. The summed E-state index contributed by atoms with van der Waals surface area (Å²) in [7, 11) is 3.15. The fraction of sp³-hybridized carbons (Fsp3) is 0.345. The van der Waals surface area contributed by atoms with Crippen molar-refractivity contribution in [3.63, 3.8) is 0 Å². The van der Waals surface area contributed by atoms with Crippen molar-refractivity contribution >= 4 is 33.4 Å². The van der Waals surface area contributed by atoms with Gasteiger partial charge in [-0.1, -0.05) is 30.3 Å². The quantitative estimate of drug-likeness (QED) is 0.231. The maximum atomic E-state index is 14.0. The van der Waals surface area contributed by atoms with E-state index in [1.54, 1.807) is 67.4 Å². The summed E-state index contributed by atoms with van der Waals surface area (Å²) in [4.78, 5) is 22.9. The molecule has 1 N–H and O–H groups in total. The monoisotopic (exact) mass is 647 g/mol. The Morgan fingerprint density at radius 3 is 2.62 bits per heavy atom. The minimum absolute atomic E-state index is 0.122. The van der Waals surface area contributed by atoms with Gasteiger partial charge >= 0.3 is 12.3 Å². The molecule has 42 heavy (non-hydrogen) atoms. The molecule has 1 fully saturated rings. The highest BCUT2D eigenvalue weighted by Crippen LogP contribution is 2.39. The Hall–Kier alpha value is -4.00. The van der Waals surface area contributed by atoms with E-state index in [-0.39, 0.29) is 26.0 Å². The van der Waals surface area contributed by atoms with E-state index in [9.17, 15) is 18.0 Å². The van der Waals surface area contributed by atoms with Crippen LogP contribution in [0.4, 0.5) is 23.8 Å². The molecule has 0 unspecified atom stereocenters. The van der Waals surface area contributed by atoms with Gasteiger partial charge in [-0.3, -0.25) is 9.30 Å². The van der Waals surface area contributed by atoms with Gasteiger partial charge in [0.2, 0.25) is 0 Å². The third-order valence-corrected chi connectivity index (χ3v) is 7.80. The third kappa shape index (κ3) is 6.25. The zero-order valence-electron chi connectivity index (χ0n) is 22.9. The van der Waals surface area contributed by atoms with Crippen LogP contribution in [0.3, 0.4) is 0 Å². The predicted octanol–water partition coefficient (Wildman–Crippen LogP) is 6.57. The number of anilines is 1. The zero-order valence-corrected chi connectivity index (χ0v) is 24.5. The molecule has 2 aromatic carbocycles. The molecule has 4 aromatic rings. The molecule has 9 nitrogen and oxygen atoms in total. The van der Waals surface area contributed by atoms with Crippen LogP contribution in [0, 0.1) is 0 Å². The number of fused-ring (bicyclic) bond motifs is 1. The van der Waals surface area contributed by atoms with E-state index in [1.165, 1.54) is 0 Å². The molecule has 0 aliphatic carbocycles. The van der Waals surface area contributed by atoms with Crippen LogP contribution in [-0.4, -0.2) is 58.3 Å². The highest BCUT2D eigenvalue weighted by molar-refractivity contribution is 9.10. The number of alkyl halides is 3. The Kier molecular flexibility index (Phi) is 8.76. The smallest absolute Gasteiger partial charge is 0.410 e. The normalized spacial score (nSPS) is 17.2. The summed E-state index contributed by atoms with van der Waals surface area (Å²) in [5.74, 6) is 1.87. The van der Waals surface area contributed by atoms with Gasteiger partial charge in [0.1, 0.15) is 40.1 Å². The van der Waals surface area contributed by atoms with E-state index < -0.39 is 24.2 Å². The lowest BCUT2D eigenvalue weighted by molar-refractivity contribution is -0.187. The first-order chi connectivity index (χ1) is 20.2. The number of hydrogen-bond donors (Lipinski definition) is 1. The lowest BCUT2D eigenvalue weighted by Crippen LogP contribution is -2.53. The summed E-state index contributed by atoms with van der Waals surface area (Å²) in [5.41, 5.74) is 2.18. The Labute approximate surface area is 248 Å². The molecular formula is C29H29BrF3N5O4.